The van der Waals surface area contributed by atoms with Crippen LogP contribution in [0.15, 0.2) is 91.0 Å². The molecule has 0 spiro atoms. The topological polar surface area (TPSA) is 70.1 Å². The van der Waals surface area contributed by atoms with Gasteiger partial charge in [0.2, 0.25) is 5.91 Å². The molecule has 0 bridgehead atoms. The van der Waals surface area contributed by atoms with Crippen molar-refractivity contribution in [1.82, 2.24) is 9.55 Å². The first-order chi connectivity index (χ1) is 16.7. The molecule has 2 N–H and O–H groups in total. The Morgan fingerprint density at radius 3 is 1.94 bits per heavy atom. The Morgan fingerprint density at radius 2 is 1.29 bits per heavy atom. The van der Waals surface area contributed by atoms with E-state index >= 15 is 0 Å². The van der Waals surface area contributed by atoms with Gasteiger partial charge in [-0.3, -0.25) is 9.36 Å². The van der Waals surface area contributed by atoms with E-state index in [9.17, 15) is 4.79 Å². The van der Waals surface area contributed by atoms with Crippen molar-refractivity contribution in [1.29, 1.82) is 0 Å². The lowest BCUT2D eigenvalue weighted by molar-refractivity contribution is -0.118. The van der Waals surface area contributed by atoms with Gasteiger partial charge in [0.1, 0.15) is 5.69 Å². The number of para-hydroxylation sites is 1. The number of benzene rings is 3. The van der Waals surface area contributed by atoms with Gasteiger partial charge in [0.25, 0.3) is 0 Å². The van der Waals surface area contributed by atoms with Crippen LogP contribution in [0, 0.1) is 0 Å². The van der Waals surface area contributed by atoms with Gasteiger partial charge in [0, 0.05) is 17.5 Å². The van der Waals surface area contributed by atoms with Gasteiger partial charge in [-0.05, 0) is 25.0 Å². The van der Waals surface area contributed by atoms with Crippen LogP contribution in [0.5, 0.6) is 6.01 Å². The molecule has 0 aliphatic carbocycles. The molecule has 0 aliphatic heterocycles. The Labute approximate surface area is 201 Å². The number of ether oxygens (including phenoxy) is 1. The molecule has 0 atom stereocenters. The van der Waals surface area contributed by atoms with Crippen molar-refractivity contribution < 1.29 is 9.53 Å². The molecular formula is C29H31N3O2. The predicted octanol–water partition coefficient (Wildman–Crippen LogP) is 6.41. The Bertz CT molecular complexity index is 1170. The smallest absolute Gasteiger partial charge is 0.302 e. The summed E-state index contributed by atoms with van der Waals surface area (Å²) in [4.78, 5) is 15.9. The zero-order valence-electron chi connectivity index (χ0n) is 19.4. The van der Waals surface area contributed by atoms with E-state index < -0.39 is 0 Å². The number of amides is 1. The van der Waals surface area contributed by atoms with E-state index in [1.165, 1.54) is 0 Å². The number of nitrogens with zero attached hydrogens (tertiary/aromatic N) is 2. The van der Waals surface area contributed by atoms with Gasteiger partial charge >= 0.3 is 6.01 Å². The highest BCUT2D eigenvalue weighted by molar-refractivity contribution is 5.81. The lowest BCUT2D eigenvalue weighted by atomic mass is 10.0. The number of imidazole rings is 1. The fourth-order valence-electron chi connectivity index (χ4n) is 4.07. The molecule has 3 aromatic carbocycles. The monoisotopic (exact) mass is 453 g/mol. The Hall–Kier alpha value is -3.86. The lowest BCUT2D eigenvalue weighted by Gasteiger charge is -2.13. The third-order valence-electron chi connectivity index (χ3n) is 5.75. The zero-order chi connectivity index (χ0) is 23.6. The first-order valence-electron chi connectivity index (χ1n) is 11.9. The summed E-state index contributed by atoms with van der Waals surface area (Å²) in [5.41, 5.74) is 10.3. The van der Waals surface area contributed by atoms with Crippen LogP contribution in [-0.4, -0.2) is 22.1 Å². The number of hydrogen-bond acceptors (Lipinski definition) is 3. The number of rotatable bonds is 12. The van der Waals surface area contributed by atoms with Crippen LogP contribution < -0.4 is 10.5 Å². The minimum absolute atomic E-state index is 0.223. The number of primary amides is 1. The Balaban J connectivity index is 1.61. The number of hydrogen-bond donors (Lipinski definition) is 1. The third-order valence-corrected chi connectivity index (χ3v) is 5.75. The van der Waals surface area contributed by atoms with Gasteiger partial charge < -0.3 is 10.5 Å². The second-order valence-corrected chi connectivity index (χ2v) is 8.33. The molecule has 1 amide bonds. The summed E-state index contributed by atoms with van der Waals surface area (Å²) in [6, 6.07) is 31.4. The Morgan fingerprint density at radius 1 is 0.735 bits per heavy atom. The molecule has 0 saturated carbocycles. The van der Waals surface area contributed by atoms with E-state index in [4.69, 9.17) is 15.5 Å². The largest absolute Gasteiger partial charge is 0.464 e. The summed E-state index contributed by atoms with van der Waals surface area (Å²) in [6.07, 6.45) is 5.37. The molecule has 4 rings (SSSR count). The van der Waals surface area contributed by atoms with Gasteiger partial charge in [-0.2, -0.15) is 4.98 Å². The summed E-state index contributed by atoms with van der Waals surface area (Å²) < 4.78 is 8.39. The first kappa shape index (κ1) is 23.3. The van der Waals surface area contributed by atoms with Crippen LogP contribution in [0.3, 0.4) is 0 Å². The lowest BCUT2D eigenvalue weighted by Crippen LogP contribution is -2.09. The van der Waals surface area contributed by atoms with Crippen molar-refractivity contribution in [3.63, 3.8) is 0 Å². The van der Waals surface area contributed by atoms with Crippen molar-refractivity contribution in [3.05, 3.63) is 91.0 Å². The van der Waals surface area contributed by atoms with Crippen molar-refractivity contribution >= 4 is 5.91 Å². The zero-order valence-corrected chi connectivity index (χ0v) is 19.4. The third kappa shape index (κ3) is 5.93. The van der Waals surface area contributed by atoms with Crippen LogP contribution in [0.2, 0.25) is 0 Å². The predicted molar refractivity (Wildman–Crippen MR) is 137 cm³/mol. The highest BCUT2D eigenvalue weighted by Gasteiger charge is 2.22. The van der Waals surface area contributed by atoms with Gasteiger partial charge in [-0.25, -0.2) is 0 Å². The highest BCUT2D eigenvalue weighted by Crippen LogP contribution is 2.37. The average Bonchev–Trinajstić information content (AvgIpc) is 3.26. The molecule has 1 aromatic heterocycles. The molecule has 4 aromatic rings. The molecule has 5 nitrogen and oxygen atoms in total. The van der Waals surface area contributed by atoms with E-state index in [-0.39, 0.29) is 5.91 Å². The molecule has 174 valence electrons. The maximum absolute atomic E-state index is 10.9. The molecule has 0 unspecified atom stereocenters. The molecule has 5 heteroatoms. The molecule has 0 fully saturated rings. The summed E-state index contributed by atoms with van der Waals surface area (Å²) in [5, 5.41) is 0. The fraction of sp³-hybridized carbons (Fsp3) is 0.241. The fourth-order valence-corrected chi connectivity index (χ4v) is 4.07. The standard InChI is InChI=1S/C29H31N3O2/c30-26(33)21-13-2-1-3-14-22-34-29-31-27(23-15-7-4-8-16-23)28(24-17-9-5-10-18-24)32(29)25-19-11-6-12-20-25/h4-12,15-20H,1-3,13-14,21-22H2,(H2,30,33). The number of carbonyl (C=O) groups excluding carboxylic acids is 1. The van der Waals surface area contributed by atoms with Crippen molar-refractivity contribution in [2.45, 2.75) is 38.5 Å². The normalized spacial score (nSPS) is 10.8. The molecule has 1 heterocycles. The average molecular weight is 454 g/mol. The number of carbonyl (C=O) groups is 1. The quantitative estimate of drug-likeness (QED) is 0.252. The summed E-state index contributed by atoms with van der Waals surface area (Å²) in [6.45, 7) is 0.585. The molecule has 0 radical (unpaired) electrons. The number of unbranched alkanes of at least 4 members (excludes halogenated alkanes) is 4. The maximum Gasteiger partial charge on any atom is 0.302 e. The van der Waals surface area contributed by atoms with Gasteiger partial charge in [0.05, 0.1) is 18.0 Å². The minimum Gasteiger partial charge on any atom is -0.464 e. The van der Waals surface area contributed by atoms with E-state index in [2.05, 4.69) is 41.0 Å². The molecule has 0 saturated heterocycles. The Kier molecular flexibility index (Phi) is 8.12. The highest BCUT2D eigenvalue weighted by atomic mass is 16.5. The van der Waals surface area contributed by atoms with Crippen LogP contribution in [0.1, 0.15) is 38.5 Å². The SMILES string of the molecule is NC(=O)CCCCCCCOc1nc(-c2ccccc2)c(-c2ccccc2)n1-c1ccccc1. The van der Waals surface area contributed by atoms with Gasteiger partial charge in [-0.1, -0.05) is 98.1 Å². The van der Waals surface area contributed by atoms with Crippen molar-refractivity contribution in [2.75, 3.05) is 6.61 Å². The summed E-state index contributed by atoms with van der Waals surface area (Å²) >= 11 is 0. The van der Waals surface area contributed by atoms with Crippen LogP contribution >= 0.6 is 0 Å². The van der Waals surface area contributed by atoms with Crippen molar-refractivity contribution in [2.24, 2.45) is 5.73 Å². The van der Waals surface area contributed by atoms with E-state index in [0.29, 0.717) is 19.0 Å². The summed E-state index contributed by atoms with van der Waals surface area (Å²) in [5.74, 6) is -0.223. The van der Waals surface area contributed by atoms with Crippen molar-refractivity contribution in [3.8, 4) is 34.2 Å². The maximum atomic E-state index is 10.9. The number of nitrogens with two attached hydrogens (primary N) is 1. The van der Waals surface area contributed by atoms with Crippen LogP contribution in [0.25, 0.3) is 28.2 Å². The van der Waals surface area contributed by atoms with Crippen LogP contribution in [0.4, 0.5) is 0 Å². The molecule has 0 aliphatic rings. The second kappa shape index (κ2) is 11.8. The second-order valence-electron chi connectivity index (χ2n) is 8.33. The minimum atomic E-state index is -0.223. The molecule has 34 heavy (non-hydrogen) atoms. The van der Waals surface area contributed by atoms with E-state index in [1.54, 1.807) is 0 Å². The number of aromatic nitrogens is 2. The van der Waals surface area contributed by atoms with E-state index in [0.717, 1.165) is 60.3 Å². The van der Waals surface area contributed by atoms with Gasteiger partial charge in [0.15, 0.2) is 0 Å². The van der Waals surface area contributed by atoms with Crippen LogP contribution in [-0.2, 0) is 4.79 Å². The molecular weight excluding hydrogens is 422 g/mol. The van der Waals surface area contributed by atoms with E-state index in [1.807, 2.05) is 54.6 Å². The van der Waals surface area contributed by atoms with Gasteiger partial charge in [-0.15, -0.1) is 0 Å². The first-order valence-corrected chi connectivity index (χ1v) is 11.9. The summed E-state index contributed by atoms with van der Waals surface area (Å²) in [7, 11) is 0.